The van der Waals surface area contributed by atoms with Crippen molar-refractivity contribution in [2.75, 3.05) is 25.1 Å². The largest absolute Gasteiger partial charge is 0.381 e. The molecule has 2 heterocycles. The summed E-state index contributed by atoms with van der Waals surface area (Å²) in [7, 11) is 0. The Kier molecular flexibility index (Phi) is 5.90. The average Bonchev–Trinajstić information content (AvgIpc) is 2.73. The van der Waals surface area contributed by atoms with Crippen LogP contribution in [0.1, 0.15) is 28.8 Å². The van der Waals surface area contributed by atoms with Crippen LogP contribution in [-0.4, -0.2) is 30.6 Å². The number of nitrogens with one attached hydrogen (secondary N) is 2. The van der Waals surface area contributed by atoms with E-state index in [2.05, 4.69) is 15.6 Å². The number of pyridine rings is 1. The van der Waals surface area contributed by atoms with Crippen LogP contribution in [0.15, 0.2) is 42.6 Å². The first-order valence-electron chi connectivity index (χ1n) is 9.98. The van der Waals surface area contributed by atoms with Crippen molar-refractivity contribution in [2.45, 2.75) is 19.8 Å². The van der Waals surface area contributed by atoms with Gasteiger partial charge in [-0.15, -0.1) is 0 Å². The monoisotopic (exact) mass is 411 g/mol. The Morgan fingerprint density at radius 2 is 1.90 bits per heavy atom. The lowest BCUT2D eigenvalue weighted by Gasteiger charge is -2.22. The van der Waals surface area contributed by atoms with Crippen molar-refractivity contribution in [1.82, 2.24) is 10.3 Å². The molecule has 0 spiro atoms. The Bertz CT molecular complexity index is 1060. The zero-order valence-corrected chi connectivity index (χ0v) is 16.7. The van der Waals surface area contributed by atoms with Gasteiger partial charge in [0.2, 0.25) is 0 Å². The van der Waals surface area contributed by atoms with E-state index in [4.69, 9.17) is 4.74 Å². The van der Waals surface area contributed by atoms with E-state index in [0.717, 1.165) is 43.1 Å². The normalized spacial score (nSPS) is 14.6. The van der Waals surface area contributed by atoms with Crippen molar-refractivity contribution in [2.24, 2.45) is 5.92 Å². The number of halogens is 2. The molecule has 0 saturated carbocycles. The second kappa shape index (κ2) is 8.75. The minimum atomic E-state index is -0.679. The van der Waals surface area contributed by atoms with Gasteiger partial charge in [-0.1, -0.05) is 18.2 Å². The molecule has 30 heavy (non-hydrogen) atoms. The Labute approximate surface area is 173 Å². The molecule has 0 unspecified atom stereocenters. The van der Waals surface area contributed by atoms with Crippen LogP contribution in [0, 0.1) is 24.5 Å². The van der Waals surface area contributed by atoms with E-state index in [-0.39, 0.29) is 11.6 Å². The first-order chi connectivity index (χ1) is 14.5. The number of carbonyl (C=O) groups is 1. The maximum Gasteiger partial charge on any atom is 0.253 e. The van der Waals surface area contributed by atoms with Crippen LogP contribution < -0.4 is 10.6 Å². The summed E-state index contributed by atoms with van der Waals surface area (Å²) in [6.45, 7) is 3.97. The highest BCUT2D eigenvalue weighted by Gasteiger charge is 2.19. The standard InChI is InChI=1S/C23H23F2N3O2/c1-14-3-2-4-19-21(14)20(23(29)27-12-15-5-7-30-8-6-15)13-26-22(19)28-18-10-16(24)9-17(25)11-18/h2-4,9-11,13,15H,5-8,12H2,1H3,(H,26,28)(H,27,29). The highest BCUT2D eigenvalue weighted by Crippen LogP contribution is 2.30. The van der Waals surface area contributed by atoms with Gasteiger partial charge in [0.1, 0.15) is 17.5 Å². The van der Waals surface area contributed by atoms with Gasteiger partial charge >= 0.3 is 0 Å². The molecule has 1 aromatic heterocycles. The number of fused-ring (bicyclic) bond motifs is 1. The molecule has 1 amide bonds. The van der Waals surface area contributed by atoms with E-state index in [9.17, 15) is 13.6 Å². The quantitative estimate of drug-likeness (QED) is 0.638. The number of anilines is 2. The van der Waals surface area contributed by atoms with Crippen molar-refractivity contribution in [1.29, 1.82) is 0 Å². The summed E-state index contributed by atoms with van der Waals surface area (Å²) in [5.74, 6) is -0.702. The molecule has 7 heteroatoms. The third-order valence-electron chi connectivity index (χ3n) is 5.38. The molecule has 5 nitrogen and oxygen atoms in total. The van der Waals surface area contributed by atoms with Gasteiger partial charge in [0.05, 0.1) is 5.56 Å². The van der Waals surface area contributed by atoms with Gasteiger partial charge in [0.25, 0.3) is 5.91 Å². The van der Waals surface area contributed by atoms with Gasteiger partial charge in [-0.2, -0.15) is 0 Å². The minimum absolute atomic E-state index is 0.184. The second-order valence-electron chi connectivity index (χ2n) is 7.57. The fourth-order valence-electron chi connectivity index (χ4n) is 3.80. The minimum Gasteiger partial charge on any atom is -0.381 e. The molecule has 2 aromatic carbocycles. The number of amides is 1. The molecule has 1 fully saturated rings. The maximum atomic E-state index is 13.6. The number of hydrogen-bond acceptors (Lipinski definition) is 4. The highest BCUT2D eigenvalue weighted by atomic mass is 19.1. The van der Waals surface area contributed by atoms with Crippen molar-refractivity contribution >= 4 is 28.2 Å². The van der Waals surface area contributed by atoms with Crippen LogP contribution >= 0.6 is 0 Å². The van der Waals surface area contributed by atoms with E-state index in [1.54, 1.807) is 0 Å². The fourth-order valence-corrected chi connectivity index (χ4v) is 3.80. The van der Waals surface area contributed by atoms with E-state index < -0.39 is 11.6 Å². The van der Waals surface area contributed by atoms with Gasteiger partial charge in [0, 0.05) is 48.5 Å². The molecule has 4 rings (SSSR count). The summed E-state index contributed by atoms with van der Waals surface area (Å²) in [4.78, 5) is 17.3. The third kappa shape index (κ3) is 4.41. The molecule has 0 radical (unpaired) electrons. The van der Waals surface area contributed by atoms with Crippen molar-refractivity contribution in [3.63, 3.8) is 0 Å². The van der Waals surface area contributed by atoms with E-state index >= 15 is 0 Å². The number of rotatable bonds is 5. The number of benzene rings is 2. The van der Waals surface area contributed by atoms with Crippen LogP contribution in [0.25, 0.3) is 10.8 Å². The van der Waals surface area contributed by atoms with Crippen LogP contribution in [0.4, 0.5) is 20.3 Å². The van der Waals surface area contributed by atoms with E-state index in [0.29, 0.717) is 29.2 Å². The summed E-state index contributed by atoms with van der Waals surface area (Å²) in [5, 5.41) is 7.45. The Balaban J connectivity index is 1.63. The molecule has 156 valence electrons. The molecule has 2 N–H and O–H groups in total. The van der Waals surface area contributed by atoms with Gasteiger partial charge in [0.15, 0.2) is 0 Å². The molecule has 0 atom stereocenters. The van der Waals surface area contributed by atoms with E-state index in [1.807, 2.05) is 25.1 Å². The summed E-state index contributed by atoms with van der Waals surface area (Å²) in [5.41, 5.74) is 1.64. The molecular formula is C23H23F2N3O2. The predicted molar refractivity (Wildman–Crippen MR) is 112 cm³/mol. The first kappa shape index (κ1) is 20.2. The van der Waals surface area contributed by atoms with Crippen LogP contribution in [0.2, 0.25) is 0 Å². The van der Waals surface area contributed by atoms with Crippen molar-refractivity contribution < 1.29 is 18.3 Å². The number of carbonyl (C=O) groups excluding carboxylic acids is 1. The number of nitrogens with zero attached hydrogens (tertiary/aromatic N) is 1. The van der Waals surface area contributed by atoms with Crippen molar-refractivity contribution in [3.8, 4) is 0 Å². The van der Waals surface area contributed by atoms with Crippen LogP contribution in [0.5, 0.6) is 0 Å². The molecule has 0 bridgehead atoms. The SMILES string of the molecule is Cc1cccc2c(Nc3cc(F)cc(F)c3)ncc(C(=O)NCC3CCOCC3)c12. The Morgan fingerprint density at radius 1 is 1.17 bits per heavy atom. The van der Waals surface area contributed by atoms with Gasteiger partial charge < -0.3 is 15.4 Å². The Morgan fingerprint density at radius 3 is 2.63 bits per heavy atom. The zero-order chi connectivity index (χ0) is 21.1. The van der Waals surface area contributed by atoms with Crippen LogP contribution in [0.3, 0.4) is 0 Å². The molecule has 0 aliphatic carbocycles. The lowest BCUT2D eigenvalue weighted by atomic mass is 9.99. The van der Waals surface area contributed by atoms with Crippen molar-refractivity contribution in [3.05, 3.63) is 65.4 Å². The second-order valence-corrected chi connectivity index (χ2v) is 7.57. The molecule has 1 aliphatic rings. The molecule has 3 aromatic rings. The summed E-state index contributed by atoms with van der Waals surface area (Å²) < 4.78 is 32.5. The lowest BCUT2D eigenvalue weighted by molar-refractivity contribution is 0.0643. The lowest BCUT2D eigenvalue weighted by Crippen LogP contribution is -2.32. The maximum absolute atomic E-state index is 13.6. The van der Waals surface area contributed by atoms with Gasteiger partial charge in [-0.05, 0) is 43.4 Å². The summed E-state index contributed by atoms with van der Waals surface area (Å²) in [6.07, 6.45) is 3.38. The Hall–Kier alpha value is -3.06. The summed E-state index contributed by atoms with van der Waals surface area (Å²) in [6, 6.07) is 8.82. The number of aromatic nitrogens is 1. The fraction of sp³-hybridized carbons (Fsp3) is 0.304. The molecule has 1 saturated heterocycles. The molecular weight excluding hydrogens is 388 g/mol. The van der Waals surface area contributed by atoms with E-state index in [1.165, 1.54) is 18.3 Å². The topological polar surface area (TPSA) is 63.2 Å². The van der Waals surface area contributed by atoms with Crippen LogP contribution in [-0.2, 0) is 4.74 Å². The number of ether oxygens (including phenoxy) is 1. The average molecular weight is 411 g/mol. The smallest absolute Gasteiger partial charge is 0.253 e. The summed E-state index contributed by atoms with van der Waals surface area (Å²) >= 11 is 0. The highest BCUT2D eigenvalue weighted by molar-refractivity contribution is 6.10. The zero-order valence-electron chi connectivity index (χ0n) is 16.7. The number of aryl methyl sites for hydroxylation is 1. The molecule has 1 aliphatic heterocycles. The first-order valence-corrected chi connectivity index (χ1v) is 9.98. The third-order valence-corrected chi connectivity index (χ3v) is 5.38. The van der Waals surface area contributed by atoms with Gasteiger partial charge in [-0.25, -0.2) is 13.8 Å². The number of hydrogen-bond donors (Lipinski definition) is 2. The van der Waals surface area contributed by atoms with Gasteiger partial charge in [-0.3, -0.25) is 4.79 Å². The predicted octanol–water partition coefficient (Wildman–Crippen LogP) is 4.72.